The first-order chi connectivity index (χ1) is 8.91. The average Bonchev–Trinajstić information content (AvgIpc) is 2.37. The Morgan fingerprint density at radius 3 is 2.26 bits per heavy atom. The number of halogens is 1. The van der Waals surface area contributed by atoms with Crippen LogP contribution in [0.4, 0.5) is 0 Å². The van der Waals surface area contributed by atoms with E-state index in [9.17, 15) is 8.42 Å². The number of hydrogen-bond donors (Lipinski definition) is 1. The first-order valence-corrected chi connectivity index (χ1v) is 7.72. The molecule has 6 heteroatoms. The van der Waals surface area contributed by atoms with Crippen LogP contribution in [0.15, 0.2) is 51.8 Å². The molecular formula is C13H12BrNO3S. The molecule has 0 aliphatic heterocycles. The van der Waals surface area contributed by atoms with Crippen LogP contribution < -0.4 is 9.88 Å². The molecule has 0 fully saturated rings. The highest BCUT2D eigenvalue weighted by atomic mass is 79.9. The summed E-state index contributed by atoms with van der Waals surface area (Å²) in [6, 6.07) is 12.0. The summed E-state index contributed by atoms with van der Waals surface area (Å²) < 4.78 is 29.1. The summed E-state index contributed by atoms with van der Waals surface area (Å²) in [7, 11) is -2.19. The summed E-state index contributed by atoms with van der Waals surface area (Å²) in [5.41, 5.74) is 1.31. The lowest BCUT2D eigenvalue weighted by Crippen LogP contribution is -2.13. The molecule has 0 unspecified atom stereocenters. The van der Waals surface area contributed by atoms with Crippen LogP contribution in [0.3, 0.4) is 0 Å². The first-order valence-electron chi connectivity index (χ1n) is 5.38. The zero-order chi connectivity index (χ0) is 14.0. The monoisotopic (exact) mass is 341 g/mol. The highest BCUT2D eigenvalue weighted by Gasteiger charge is 2.15. The van der Waals surface area contributed by atoms with Gasteiger partial charge in [-0.25, -0.2) is 13.6 Å². The SMILES string of the molecule is COc1ccc(-c2cc(Br)ccc2S(N)(=O)=O)cc1. The van der Waals surface area contributed by atoms with E-state index in [0.29, 0.717) is 11.3 Å². The first kappa shape index (κ1) is 14.0. The lowest BCUT2D eigenvalue weighted by Gasteiger charge is -2.09. The number of primary sulfonamides is 1. The van der Waals surface area contributed by atoms with Crippen molar-refractivity contribution in [3.05, 3.63) is 46.9 Å². The Bertz CT molecular complexity index is 696. The van der Waals surface area contributed by atoms with Gasteiger partial charge in [-0.05, 0) is 35.9 Å². The fourth-order valence-corrected chi connectivity index (χ4v) is 2.85. The zero-order valence-corrected chi connectivity index (χ0v) is 12.5. The fourth-order valence-electron chi connectivity index (χ4n) is 1.75. The second-order valence-corrected chi connectivity index (χ2v) is 6.36. The van der Waals surface area contributed by atoms with Crippen molar-refractivity contribution in [1.82, 2.24) is 0 Å². The van der Waals surface area contributed by atoms with E-state index in [1.807, 2.05) is 0 Å². The quantitative estimate of drug-likeness (QED) is 0.933. The number of nitrogens with two attached hydrogens (primary N) is 1. The fraction of sp³-hybridized carbons (Fsp3) is 0.0769. The molecule has 0 spiro atoms. The van der Waals surface area contributed by atoms with Crippen molar-refractivity contribution >= 4 is 26.0 Å². The average molecular weight is 342 g/mol. The van der Waals surface area contributed by atoms with Gasteiger partial charge >= 0.3 is 0 Å². The van der Waals surface area contributed by atoms with Gasteiger partial charge in [-0.3, -0.25) is 0 Å². The van der Waals surface area contributed by atoms with Gasteiger partial charge < -0.3 is 4.74 Å². The topological polar surface area (TPSA) is 69.4 Å². The van der Waals surface area contributed by atoms with Crippen LogP contribution >= 0.6 is 15.9 Å². The summed E-state index contributed by atoms with van der Waals surface area (Å²) in [6.07, 6.45) is 0. The predicted molar refractivity (Wildman–Crippen MR) is 77.5 cm³/mol. The summed E-state index contributed by atoms with van der Waals surface area (Å²) in [4.78, 5) is 0.0980. The molecule has 0 amide bonds. The molecule has 0 aromatic heterocycles. The number of rotatable bonds is 3. The molecule has 0 aliphatic carbocycles. The highest BCUT2D eigenvalue weighted by molar-refractivity contribution is 9.10. The van der Waals surface area contributed by atoms with Crippen LogP contribution in [-0.4, -0.2) is 15.5 Å². The predicted octanol–water partition coefficient (Wildman–Crippen LogP) is 2.77. The van der Waals surface area contributed by atoms with E-state index in [0.717, 1.165) is 10.0 Å². The molecule has 2 N–H and O–H groups in total. The van der Waals surface area contributed by atoms with Gasteiger partial charge in [0.05, 0.1) is 12.0 Å². The maximum Gasteiger partial charge on any atom is 0.238 e. The largest absolute Gasteiger partial charge is 0.497 e. The van der Waals surface area contributed by atoms with Crippen molar-refractivity contribution in [2.24, 2.45) is 5.14 Å². The molecule has 2 rings (SSSR count). The maximum absolute atomic E-state index is 11.6. The lowest BCUT2D eigenvalue weighted by molar-refractivity contribution is 0.415. The van der Waals surface area contributed by atoms with Gasteiger partial charge in [0.15, 0.2) is 0 Å². The van der Waals surface area contributed by atoms with Gasteiger partial charge in [-0.2, -0.15) is 0 Å². The third-order valence-electron chi connectivity index (χ3n) is 2.65. The Balaban J connectivity index is 2.63. The van der Waals surface area contributed by atoms with E-state index < -0.39 is 10.0 Å². The second kappa shape index (κ2) is 5.32. The Labute approximate surface area is 120 Å². The number of hydrogen-bond acceptors (Lipinski definition) is 3. The van der Waals surface area contributed by atoms with Gasteiger partial charge in [0.25, 0.3) is 0 Å². The minimum atomic E-state index is -3.77. The minimum absolute atomic E-state index is 0.0980. The zero-order valence-electron chi connectivity index (χ0n) is 10.1. The Hall–Kier alpha value is -1.37. The summed E-state index contributed by atoms with van der Waals surface area (Å²) >= 11 is 3.33. The number of benzene rings is 2. The van der Waals surface area contributed by atoms with E-state index in [1.54, 1.807) is 43.5 Å². The van der Waals surface area contributed by atoms with Crippen molar-refractivity contribution in [2.45, 2.75) is 4.90 Å². The van der Waals surface area contributed by atoms with Gasteiger partial charge in [0.1, 0.15) is 5.75 Å². The molecule has 0 saturated carbocycles. The van der Waals surface area contributed by atoms with Crippen molar-refractivity contribution in [1.29, 1.82) is 0 Å². The molecule has 0 radical (unpaired) electrons. The molecule has 4 nitrogen and oxygen atoms in total. The van der Waals surface area contributed by atoms with Crippen molar-refractivity contribution in [3.8, 4) is 16.9 Å². The van der Waals surface area contributed by atoms with Crippen LogP contribution in [0.5, 0.6) is 5.75 Å². The standard InChI is InChI=1S/C13H12BrNO3S/c1-18-11-5-2-9(3-6-11)12-8-10(14)4-7-13(12)19(15,16)17/h2-8H,1H3,(H2,15,16,17). The van der Waals surface area contributed by atoms with E-state index in [4.69, 9.17) is 9.88 Å². The number of ether oxygens (including phenoxy) is 1. The van der Waals surface area contributed by atoms with Crippen LogP contribution in [0.1, 0.15) is 0 Å². The van der Waals surface area contributed by atoms with Crippen molar-refractivity contribution < 1.29 is 13.2 Å². The van der Waals surface area contributed by atoms with Gasteiger partial charge in [0.2, 0.25) is 10.0 Å². The van der Waals surface area contributed by atoms with Crippen LogP contribution in [-0.2, 0) is 10.0 Å². The number of sulfonamides is 1. The molecule has 100 valence electrons. The van der Waals surface area contributed by atoms with E-state index in [1.165, 1.54) is 6.07 Å². The summed E-state index contributed by atoms with van der Waals surface area (Å²) in [5, 5.41) is 5.23. The third-order valence-corrected chi connectivity index (χ3v) is 4.11. The molecule has 0 bridgehead atoms. The van der Waals surface area contributed by atoms with Crippen LogP contribution in [0.2, 0.25) is 0 Å². The van der Waals surface area contributed by atoms with Crippen LogP contribution in [0, 0.1) is 0 Å². The molecule has 2 aromatic rings. The molecule has 0 heterocycles. The normalized spacial score (nSPS) is 11.3. The third kappa shape index (κ3) is 3.15. The lowest BCUT2D eigenvalue weighted by atomic mass is 10.1. The Morgan fingerprint density at radius 2 is 1.74 bits per heavy atom. The summed E-state index contributed by atoms with van der Waals surface area (Å²) in [5.74, 6) is 0.705. The van der Waals surface area contributed by atoms with E-state index >= 15 is 0 Å². The highest BCUT2D eigenvalue weighted by Crippen LogP contribution is 2.30. The Morgan fingerprint density at radius 1 is 1.11 bits per heavy atom. The van der Waals surface area contributed by atoms with Crippen LogP contribution in [0.25, 0.3) is 11.1 Å². The minimum Gasteiger partial charge on any atom is -0.497 e. The second-order valence-electron chi connectivity index (χ2n) is 3.91. The Kier molecular flexibility index (Phi) is 3.93. The van der Waals surface area contributed by atoms with Gasteiger partial charge in [-0.15, -0.1) is 0 Å². The molecule has 19 heavy (non-hydrogen) atoms. The van der Waals surface area contributed by atoms with E-state index in [-0.39, 0.29) is 4.90 Å². The number of methoxy groups -OCH3 is 1. The van der Waals surface area contributed by atoms with Gasteiger partial charge in [-0.1, -0.05) is 28.1 Å². The molecule has 0 aliphatic rings. The summed E-state index contributed by atoms with van der Waals surface area (Å²) in [6.45, 7) is 0. The molecule has 2 aromatic carbocycles. The van der Waals surface area contributed by atoms with Crippen molar-refractivity contribution in [3.63, 3.8) is 0 Å². The molecule has 0 saturated heterocycles. The van der Waals surface area contributed by atoms with E-state index in [2.05, 4.69) is 15.9 Å². The molecule has 0 atom stereocenters. The molecular weight excluding hydrogens is 330 g/mol. The van der Waals surface area contributed by atoms with Gasteiger partial charge in [0, 0.05) is 10.0 Å². The van der Waals surface area contributed by atoms with Crippen molar-refractivity contribution in [2.75, 3.05) is 7.11 Å². The smallest absolute Gasteiger partial charge is 0.238 e. The maximum atomic E-state index is 11.6.